The predicted molar refractivity (Wildman–Crippen MR) is 98.4 cm³/mol. The molecule has 25 heavy (non-hydrogen) atoms. The highest BCUT2D eigenvalue weighted by atomic mass is 16.2. The zero-order chi connectivity index (χ0) is 17.6. The van der Waals surface area contributed by atoms with Gasteiger partial charge in [0.1, 0.15) is 0 Å². The van der Waals surface area contributed by atoms with Gasteiger partial charge in [0, 0.05) is 30.9 Å². The van der Waals surface area contributed by atoms with Gasteiger partial charge in [-0.1, -0.05) is 6.42 Å². The molecule has 1 aromatic carbocycles. The van der Waals surface area contributed by atoms with Gasteiger partial charge in [0.05, 0.1) is 6.54 Å². The topological polar surface area (TPSA) is 78.7 Å². The summed E-state index contributed by atoms with van der Waals surface area (Å²) in [5.74, 6) is 0.302. The van der Waals surface area contributed by atoms with Crippen LogP contribution in [0.2, 0.25) is 0 Å². The highest BCUT2D eigenvalue weighted by Crippen LogP contribution is 2.20. The maximum atomic E-state index is 12.4. The fraction of sp³-hybridized carbons (Fsp3) is 0.579. The Hall–Kier alpha value is -2.08. The molecular formula is C19H28N4O2. The summed E-state index contributed by atoms with van der Waals surface area (Å²) in [5, 5.41) is 3.13. The van der Waals surface area contributed by atoms with Crippen molar-refractivity contribution in [3.05, 3.63) is 29.8 Å². The standard InChI is InChI=1S/C19H28N4O2/c20-19(25)16-4-6-17(7-5-16)21-12-18(24)23-11-8-15(14-23)13-22-9-2-1-3-10-22/h4-7,15,21H,1-3,8-14H2,(H2,20,25)/t15-/m1/s1. The van der Waals surface area contributed by atoms with Gasteiger partial charge in [0.15, 0.2) is 0 Å². The first-order chi connectivity index (χ1) is 12.1. The lowest BCUT2D eigenvalue weighted by atomic mass is 10.1. The maximum Gasteiger partial charge on any atom is 0.248 e. The number of benzene rings is 1. The van der Waals surface area contributed by atoms with Crippen LogP contribution in [0.25, 0.3) is 0 Å². The van der Waals surface area contributed by atoms with E-state index < -0.39 is 5.91 Å². The van der Waals surface area contributed by atoms with E-state index in [1.165, 1.54) is 32.4 Å². The number of carbonyl (C=O) groups excluding carboxylic acids is 2. The van der Waals surface area contributed by atoms with Crippen molar-refractivity contribution in [1.82, 2.24) is 9.80 Å². The Labute approximate surface area is 149 Å². The van der Waals surface area contributed by atoms with E-state index in [1.54, 1.807) is 24.3 Å². The van der Waals surface area contributed by atoms with Crippen molar-refractivity contribution in [1.29, 1.82) is 0 Å². The van der Waals surface area contributed by atoms with Gasteiger partial charge in [0.2, 0.25) is 11.8 Å². The van der Waals surface area contributed by atoms with Gasteiger partial charge >= 0.3 is 0 Å². The third-order valence-electron chi connectivity index (χ3n) is 5.22. The van der Waals surface area contributed by atoms with Gasteiger partial charge in [-0.25, -0.2) is 0 Å². The number of likely N-dealkylation sites (tertiary alicyclic amines) is 2. The SMILES string of the molecule is NC(=O)c1ccc(NCC(=O)N2CC[C@H](CN3CCCCC3)C2)cc1. The molecule has 1 aromatic rings. The van der Waals surface area contributed by atoms with Crippen molar-refractivity contribution < 1.29 is 9.59 Å². The van der Waals surface area contributed by atoms with Crippen molar-refractivity contribution in [3.63, 3.8) is 0 Å². The molecule has 0 radical (unpaired) electrons. The second-order valence-electron chi connectivity index (χ2n) is 7.15. The minimum Gasteiger partial charge on any atom is -0.376 e. The number of piperidine rings is 1. The van der Waals surface area contributed by atoms with Crippen molar-refractivity contribution >= 4 is 17.5 Å². The fourth-order valence-electron chi connectivity index (χ4n) is 3.76. The number of carbonyl (C=O) groups is 2. The van der Waals surface area contributed by atoms with Gasteiger partial charge in [-0.3, -0.25) is 9.59 Å². The summed E-state index contributed by atoms with van der Waals surface area (Å²) in [7, 11) is 0. The van der Waals surface area contributed by atoms with Crippen LogP contribution in [-0.2, 0) is 4.79 Å². The first kappa shape index (κ1) is 17.7. The van der Waals surface area contributed by atoms with Crippen LogP contribution in [0.4, 0.5) is 5.69 Å². The number of nitrogens with two attached hydrogens (primary N) is 1. The fourth-order valence-corrected chi connectivity index (χ4v) is 3.76. The second-order valence-corrected chi connectivity index (χ2v) is 7.15. The predicted octanol–water partition coefficient (Wildman–Crippen LogP) is 1.53. The lowest BCUT2D eigenvalue weighted by Crippen LogP contribution is -2.37. The van der Waals surface area contributed by atoms with Crippen LogP contribution in [-0.4, -0.2) is 60.9 Å². The number of nitrogens with zero attached hydrogens (tertiary/aromatic N) is 2. The monoisotopic (exact) mass is 344 g/mol. The molecule has 1 atom stereocenters. The Morgan fingerprint density at radius 1 is 1.08 bits per heavy atom. The van der Waals surface area contributed by atoms with Crippen molar-refractivity contribution in [2.75, 3.05) is 44.6 Å². The van der Waals surface area contributed by atoms with E-state index >= 15 is 0 Å². The molecule has 0 spiro atoms. The molecule has 0 unspecified atom stereocenters. The molecule has 2 aliphatic heterocycles. The van der Waals surface area contributed by atoms with E-state index in [1.807, 2.05) is 4.90 Å². The molecule has 2 heterocycles. The summed E-state index contributed by atoms with van der Waals surface area (Å²) in [5.41, 5.74) is 6.52. The minimum absolute atomic E-state index is 0.139. The van der Waals surface area contributed by atoms with Crippen LogP contribution in [0.3, 0.4) is 0 Å². The second kappa shape index (κ2) is 8.34. The highest BCUT2D eigenvalue weighted by Gasteiger charge is 2.27. The van der Waals surface area contributed by atoms with Crippen molar-refractivity contribution in [2.24, 2.45) is 11.7 Å². The third-order valence-corrected chi connectivity index (χ3v) is 5.22. The minimum atomic E-state index is -0.445. The number of hydrogen-bond acceptors (Lipinski definition) is 4. The Bertz CT molecular complexity index is 596. The lowest BCUT2D eigenvalue weighted by molar-refractivity contribution is -0.128. The molecule has 3 N–H and O–H groups in total. The van der Waals surface area contributed by atoms with Crippen LogP contribution >= 0.6 is 0 Å². The zero-order valence-electron chi connectivity index (χ0n) is 14.7. The van der Waals surface area contributed by atoms with Crippen molar-refractivity contribution in [2.45, 2.75) is 25.7 Å². The summed E-state index contributed by atoms with van der Waals surface area (Å²) >= 11 is 0. The number of nitrogens with one attached hydrogen (secondary N) is 1. The van der Waals surface area contributed by atoms with E-state index in [0.29, 0.717) is 11.5 Å². The lowest BCUT2D eigenvalue weighted by Gasteiger charge is -2.29. The highest BCUT2D eigenvalue weighted by molar-refractivity contribution is 5.93. The Morgan fingerprint density at radius 2 is 1.80 bits per heavy atom. The Kier molecular flexibility index (Phi) is 5.91. The van der Waals surface area contributed by atoms with E-state index in [4.69, 9.17) is 5.73 Å². The molecule has 2 amide bonds. The molecule has 136 valence electrons. The van der Waals surface area contributed by atoms with E-state index in [2.05, 4.69) is 10.2 Å². The van der Waals surface area contributed by atoms with Crippen LogP contribution in [0.5, 0.6) is 0 Å². The average Bonchev–Trinajstić information content (AvgIpc) is 3.09. The van der Waals surface area contributed by atoms with Crippen molar-refractivity contribution in [3.8, 4) is 0 Å². The molecule has 0 bridgehead atoms. The molecule has 2 fully saturated rings. The van der Waals surface area contributed by atoms with Gasteiger partial charge in [-0.05, 0) is 62.5 Å². The molecular weight excluding hydrogens is 316 g/mol. The summed E-state index contributed by atoms with van der Waals surface area (Å²) in [6.07, 6.45) is 5.09. The summed E-state index contributed by atoms with van der Waals surface area (Å²) in [6.45, 7) is 5.58. The average molecular weight is 344 g/mol. The van der Waals surface area contributed by atoms with E-state index in [-0.39, 0.29) is 12.5 Å². The van der Waals surface area contributed by atoms with E-state index in [9.17, 15) is 9.59 Å². The molecule has 0 saturated carbocycles. The first-order valence-electron chi connectivity index (χ1n) is 9.25. The smallest absolute Gasteiger partial charge is 0.248 e. The molecule has 0 aromatic heterocycles. The number of amides is 2. The number of primary amides is 1. The first-order valence-corrected chi connectivity index (χ1v) is 9.25. The van der Waals surface area contributed by atoms with Crippen LogP contribution < -0.4 is 11.1 Å². The molecule has 0 aliphatic carbocycles. The Balaban J connectivity index is 1.41. The van der Waals surface area contributed by atoms with Gasteiger partial charge in [0.25, 0.3) is 0 Å². The normalized spacial score (nSPS) is 21.3. The number of rotatable bonds is 6. The van der Waals surface area contributed by atoms with Gasteiger partial charge in [-0.2, -0.15) is 0 Å². The summed E-state index contributed by atoms with van der Waals surface area (Å²) in [4.78, 5) is 28.0. The van der Waals surface area contributed by atoms with E-state index in [0.717, 1.165) is 31.7 Å². The maximum absolute atomic E-state index is 12.4. The van der Waals surface area contributed by atoms with Crippen LogP contribution in [0.15, 0.2) is 24.3 Å². The molecule has 6 heteroatoms. The van der Waals surface area contributed by atoms with Gasteiger partial charge < -0.3 is 20.9 Å². The molecule has 2 saturated heterocycles. The molecule has 3 rings (SSSR count). The Morgan fingerprint density at radius 3 is 2.48 bits per heavy atom. The largest absolute Gasteiger partial charge is 0.376 e. The van der Waals surface area contributed by atoms with Crippen LogP contribution in [0, 0.1) is 5.92 Å². The zero-order valence-corrected chi connectivity index (χ0v) is 14.7. The number of anilines is 1. The molecule has 2 aliphatic rings. The van der Waals surface area contributed by atoms with Crippen LogP contribution in [0.1, 0.15) is 36.0 Å². The summed E-state index contributed by atoms with van der Waals surface area (Å²) in [6, 6.07) is 6.88. The van der Waals surface area contributed by atoms with Gasteiger partial charge in [-0.15, -0.1) is 0 Å². The molecule has 6 nitrogen and oxygen atoms in total. The summed E-state index contributed by atoms with van der Waals surface area (Å²) < 4.78 is 0. The number of hydrogen-bond donors (Lipinski definition) is 2. The third kappa shape index (κ3) is 4.95. The quantitative estimate of drug-likeness (QED) is 0.820.